The van der Waals surface area contributed by atoms with Crippen LogP contribution in [0, 0.1) is 0 Å². The SMILES string of the molecule is O=C(O[C@H]1COC(=O)c2cc(O)c(O)c(O)c2-c2c(cc(O)c(O)c2O)C(=O)O[C@@H]1[C@@H](O)[C@@H](O)[C@H](O)c1c(O)c(O)c2oc(=O)c3c(O)c(O)cc4oc(=O)c1c2c43)c1cc(O)c(O)c(O)c1. The summed E-state index contributed by atoms with van der Waals surface area (Å²) in [6, 6.07) is 2.46. The highest BCUT2D eigenvalue weighted by Crippen LogP contribution is 2.54. The minimum atomic E-state index is -3.01. The predicted molar refractivity (Wildman–Crippen MR) is 213 cm³/mol. The van der Waals surface area contributed by atoms with Crippen LogP contribution in [0.2, 0.25) is 0 Å². The molecule has 0 aliphatic carbocycles. The molecule has 0 unspecified atom stereocenters. The second kappa shape index (κ2) is 15.5. The van der Waals surface area contributed by atoms with Gasteiger partial charge in [-0.3, -0.25) is 0 Å². The molecular formula is C41H28O26. The number of fused-ring (bicyclic) bond motifs is 3. The van der Waals surface area contributed by atoms with Gasteiger partial charge in [-0.05, 0) is 24.3 Å². The first-order valence-electron chi connectivity index (χ1n) is 18.6. The van der Waals surface area contributed by atoms with Gasteiger partial charge in [0.2, 0.25) is 17.2 Å². The highest BCUT2D eigenvalue weighted by atomic mass is 16.6. The van der Waals surface area contributed by atoms with E-state index >= 15 is 0 Å². The molecule has 1 aliphatic heterocycles. The van der Waals surface area contributed by atoms with Gasteiger partial charge in [-0.15, -0.1) is 0 Å². The molecule has 26 heteroatoms. The van der Waals surface area contributed by atoms with Gasteiger partial charge in [0.1, 0.15) is 35.9 Å². The molecule has 67 heavy (non-hydrogen) atoms. The van der Waals surface area contributed by atoms with Crippen LogP contribution in [0.25, 0.3) is 43.8 Å². The summed E-state index contributed by atoms with van der Waals surface area (Å²) < 4.78 is 26.2. The summed E-state index contributed by atoms with van der Waals surface area (Å²) in [4.78, 5) is 68.2. The van der Waals surface area contributed by atoms with Crippen LogP contribution in [0.4, 0.5) is 0 Å². The summed E-state index contributed by atoms with van der Waals surface area (Å²) in [5.41, 5.74) is -11.2. The zero-order valence-electron chi connectivity index (χ0n) is 32.7. The average Bonchev–Trinajstić information content (AvgIpc) is 3.29. The zero-order chi connectivity index (χ0) is 49.0. The van der Waals surface area contributed by atoms with Crippen LogP contribution in [-0.2, 0) is 14.2 Å². The van der Waals surface area contributed by atoms with Gasteiger partial charge < -0.3 is 105 Å². The van der Waals surface area contributed by atoms with Gasteiger partial charge in [0, 0.05) is 33.5 Å². The number of carbonyl (C=O) groups excluding carboxylic acids is 3. The largest absolute Gasteiger partial charge is 0.504 e. The first kappa shape index (κ1) is 44.3. The van der Waals surface area contributed by atoms with Crippen molar-refractivity contribution in [2.24, 2.45) is 0 Å². The Bertz CT molecular complexity index is 3400. The molecular weight excluding hydrogens is 908 g/mol. The van der Waals surface area contributed by atoms with Crippen molar-refractivity contribution in [2.75, 3.05) is 6.61 Å². The Hall–Kier alpha value is -9.27. The second-order valence-electron chi connectivity index (χ2n) is 14.7. The number of phenols is 13. The van der Waals surface area contributed by atoms with Crippen molar-refractivity contribution in [3.8, 4) is 85.9 Å². The van der Waals surface area contributed by atoms with Crippen LogP contribution in [0.5, 0.6) is 74.7 Å². The van der Waals surface area contributed by atoms with Gasteiger partial charge in [0.05, 0.1) is 22.1 Å². The van der Waals surface area contributed by atoms with Gasteiger partial charge in [-0.1, -0.05) is 0 Å². The number of hydrogen-bond acceptors (Lipinski definition) is 26. The van der Waals surface area contributed by atoms with Crippen molar-refractivity contribution >= 4 is 50.6 Å². The number of phenolic OH excluding ortho intramolecular Hbond substituents is 13. The summed E-state index contributed by atoms with van der Waals surface area (Å²) in [6.07, 6.45) is -14.3. The highest BCUT2D eigenvalue weighted by Gasteiger charge is 2.46. The van der Waals surface area contributed by atoms with E-state index in [1.165, 1.54) is 0 Å². The fraction of sp³-hybridized carbons (Fsp3) is 0.146. The maximum Gasteiger partial charge on any atom is 0.348 e. The maximum absolute atomic E-state index is 14.3. The van der Waals surface area contributed by atoms with Crippen LogP contribution < -0.4 is 11.3 Å². The molecule has 2 aromatic heterocycles. The summed E-state index contributed by atoms with van der Waals surface area (Å²) in [5, 5.41) is 169. The summed E-state index contributed by atoms with van der Waals surface area (Å²) in [7, 11) is 0. The van der Waals surface area contributed by atoms with Crippen LogP contribution in [0.1, 0.15) is 42.7 Å². The number of hydrogen-bond donors (Lipinski definition) is 16. The molecule has 0 saturated heterocycles. The number of rotatable bonds is 6. The molecule has 0 radical (unpaired) electrons. The Morgan fingerprint density at radius 2 is 1.07 bits per heavy atom. The molecule has 348 valence electrons. The van der Waals surface area contributed by atoms with E-state index in [0.29, 0.717) is 30.3 Å². The minimum absolute atomic E-state index is 0.335. The van der Waals surface area contributed by atoms with Crippen LogP contribution in [0.3, 0.4) is 0 Å². The third-order valence-electron chi connectivity index (χ3n) is 10.8. The maximum atomic E-state index is 14.3. The lowest BCUT2D eigenvalue weighted by Crippen LogP contribution is -2.52. The van der Waals surface area contributed by atoms with Crippen LogP contribution in [-0.4, -0.2) is 131 Å². The van der Waals surface area contributed by atoms with Crippen LogP contribution >= 0.6 is 0 Å². The van der Waals surface area contributed by atoms with Crippen molar-refractivity contribution in [1.82, 2.24) is 0 Å². The number of aliphatic hydroxyl groups is 3. The van der Waals surface area contributed by atoms with Gasteiger partial charge in [-0.2, -0.15) is 0 Å². The Morgan fingerprint density at radius 3 is 1.66 bits per heavy atom. The van der Waals surface area contributed by atoms with Gasteiger partial charge in [0.15, 0.2) is 75.3 Å². The number of aliphatic hydroxyl groups excluding tert-OH is 3. The molecule has 8 rings (SSSR count). The average molecular weight is 937 g/mol. The minimum Gasteiger partial charge on any atom is -0.504 e. The fourth-order valence-corrected chi connectivity index (χ4v) is 7.60. The van der Waals surface area contributed by atoms with E-state index in [-0.39, 0.29) is 0 Å². The molecule has 5 atom stereocenters. The predicted octanol–water partition coefficient (Wildman–Crippen LogP) is 0.707. The Kier molecular flexibility index (Phi) is 10.2. The lowest BCUT2D eigenvalue weighted by molar-refractivity contribution is -0.146. The smallest absolute Gasteiger partial charge is 0.348 e. The number of esters is 3. The molecule has 1 aliphatic rings. The summed E-state index contributed by atoms with van der Waals surface area (Å²) >= 11 is 0. The lowest BCUT2D eigenvalue weighted by Gasteiger charge is -2.34. The summed E-state index contributed by atoms with van der Waals surface area (Å²) in [6.45, 7) is -1.47. The van der Waals surface area contributed by atoms with E-state index in [1.54, 1.807) is 0 Å². The van der Waals surface area contributed by atoms with E-state index in [0.717, 1.165) is 0 Å². The van der Waals surface area contributed by atoms with Gasteiger partial charge in [-0.25, -0.2) is 24.0 Å². The molecule has 0 spiro atoms. The second-order valence-corrected chi connectivity index (χ2v) is 14.7. The number of benzene rings is 5. The molecule has 0 fully saturated rings. The van der Waals surface area contributed by atoms with Gasteiger partial charge in [0.25, 0.3) is 0 Å². The Morgan fingerprint density at radius 1 is 0.552 bits per heavy atom. The van der Waals surface area contributed by atoms with Crippen molar-refractivity contribution in [3.63, 3.8) is 0 Å². The molecule has 5 aromatic carbocycles. The molecule has 16 N–H and O–H groups in total. The van der Waals surface area contributed by atoms with Crippen molar-refractivity contribution in [1.29, 1.82) is 0 Å². The van der Waals surface area contributed by atoms with Gasteiger partial charge >= 0.3 is 29.2 Å². The van der Waals surface area contributed by atoms with E-state index < -0.39 is 207 Å². The first-order valence-corrected chi connectivity index (χ1v) is 18.6. The van der Waals surface area contributed by atoms with E-state index in [4.69, 9.17) is 23.0 Å². The molecule has 0 saturated carbocycles. The lowest BCUT2D eigenvalue weighted by atomic mass is 9.89. The number of carbonyl (C=O) groups is 3. The molecule has 26 nitrogen and oxygen atoms in total. The number of ether oxygens (including phenoxy) is 3. The van der Waals surface area contributed by atoms with Crippen LogP contribution in [0.15, 0.2) is 48.8 Å². The number of cyclic esters (lactones) is 2. The number of aromatic hydroxyl groups is 13. The molecule has 0 bridgehead atoms. The Balaban J connectivity index is 1.32. The van der Waals surface area contributed by atoms with Crippen molar-refractivity contribution in [3.05, 3.63) is 73.4 Å². The Labute approximate surface area is 365 Å². The van der Waals surface area contributed by atoms with E-state index in [9.17, 15) is 106 Å². The third kappa shape index (κ3) is 6.66. The third-order valence-corrected chi connectivity index (χ3v) is 10.8. The fourth-order valence-electron chi connectivity index (χ4n) is 7.60. The van der Waals surface area contributed by atoms with Crippen molar-refractivity contribution in [2.45, 2.75) is 30.5 Å². The highest BCUT2D eigenvalue weighted by molar-refractivity contribution is 6.23. The molecule has 7 aromatic rings. The van der Waals surface area contributed by atoms with E-state index in [1.807, 2.05) is 0 Å². The zero-order valence-corrected chi connectivity index (χ0v) is 32.7. The summed E-state index contributed by atoms with van der Waals surface area (Å²) in [5.74, 6) is -22.1. The topological polar surface area (TPSA) is 463 Å². The molecule has 0 amide bonds. The quantitative estimate of drug-likeness (QED) is 0.0359. The van der Waals surface area contributed by atoms with E-state index in [2.05, 4.69) is 0 Å². The normalized spacial score (nSPS) is 16.7. The van der Waals surface area contributed by atoms with Crippen molar-refractivity contribution < 1.29 is 119 Å². The standard InChI is InChI=1S/C41H28O26/c42-10-1-7(2-11(43)24(10)47)37(58)65-16-6-63-38(59)8-3-12(44)26(49)28(51)17(8)18-9(4-13(45)27(50)29(18)52)39(60)66-35(16)34(57)32(55)30(53)22-21-20-19-15(64-40(21)61)5-14(46)25(48)23(19)41(62)67-36(20)33(56)31(22)54/h1-5,16,30,32,34-35,42-57H,6H2/t16-,30+,32-,34-,35-/m0/s1. The first-order chi connectivity index (χ1) is 31.5. The molecule has 3 heterocycles. The monoisotopic (exact) mass is 936 g/mol.